The van der Waals surface area contributed by atoms with Gasteiger partial charge in [0.05, 0.1) is 4.90 Å². The van der Waals surface area contributed by atoms with E-state index >= 15 is 0 Å². The van der Waals surface area contributed by atoms with E-state index in [1.807, 2.05) is 44.2 Å². The number of amides is 2. The second-order valence-electron chi connectivity index (χ2n) is 7.55. The molecule has 1 aliphatic heterocycles. The predicted molar refractivity (Wildman–Crippen MR) is 116 cm³/mol. The molecule has 2 amide bonds. The van der Waals surface area contributed by atoms with Crippen LogP contribution in [0.25, 0.3) is 0 Å². The largest absolute Gasteiger partial charge is 0.352 e. The number of hydrogen-bond acceptors (Lipinski definition) is 4. The highest BCUT2D eigenvalue weighted by atomic mass is 32.2. The molecule has 0 saturated carbocycles. The molecule has 0 unspecified atom stereocenters. The van der Waals surface area contributed by atoms with E-state index in [2.05, 4.69) is 15.4 Å². The Balaban J connectivity index is 1.84. The minimum absolute atomic E-state index is 0.0624. The van der Waals surface area contributed by atoms with Gasteiger partial charge in [0, 0.05) is 18.2 Å². The Hall–Kier alpha value is -2.71. The third-order valence-corrected chi connectivity index (χ3v) is 6.65. The smallest absolute Gasteiger partial charge is 0.241 e. The molecule has 7 nitrogen and oxygen atoms in total. The second kappa shape index (κ2) is 9.40. The first-order valence-electron chi connectivity index (χ1n) is 10.1. The SMILES string of the molecule is CC[C@H](C)NC(=O)[C@H](Cc1ccccc1)NS(=O)(=O)c1ccc2c(c1)CCC(=O)N2. The number of anilines is 1. The number of carbonyl (C=O) groups is 2. The fourth-order valence-electron chi connectivity index (χ4n) is 3.27. The average Bonchev–Trinajstić information content (AvgIpc) is 2.73. The fraction of sp³-hybridized carbons (Fsp3) is 0.364. The number of nitrogens with one attached hydrogen (secondary N) is 3. The number of benzene rings is 2. The minimum atomic E-state index is -3.94. The van der Waals surface area contributed by atoms with Crippen molar-refractivity contribution in [3.8, 4) is 0 Å². The van der Waals surface area contributed by atoms with Crippen molar-refractivity contribution >= 4 is 27.5 Å². The lowest BCUT2D eigenvalue weighted by molar-refractivity contribution is -0.123. The van der Waals surface area contributed by atoms with E-state index in [0.29, 0.717) is 18.5 Å². The molecular weight excluding hydrogens is 402 g/mol. The van der Waals surface area contributed by atoms with Crippen molar-refractivity contribution in [1.82, 2.24) is 10.0 Å². The Morgan fingerprint density at radius 1 is 1.13 bits per heavy atom. The highest BCUT2D eigenvalue weighted by Crippen LogP contribution is 2.25. The molecule has 3 rings (SSSR count). The van der Waals surface area contributed by atoms with Crippen molar-refractivity contribution in [1.29, 1.82) is 0 Å². The van der Waals surface area contributed by atoms with Gasteiger partial charge in [-0.05, 0) is 55.5 Å². The van der Waals surface area contributed by atoms with Crippen LogP contribution in [0.3, 0.4) is 0 Å². The summed E-state index contributed by atoms with van der Waals surface area (Å²) in [6.07, 6.45) is 1.78. The molecule has 0 saturated heterocycles. The van der Waals surface area contributed by atoms with Crippen LogP contribution in [0, 0.1) is 0 Å². The summed E-state index contributed by atoms with van der Waals surface area (Å²) in [6.45, 7) is 3.83. The number of rotatable bonds is 8. The van der Waals surface area contributed by atoms with Crippen molar-refractivity contribution in [2.75, 3.05) is 5.32 Å². The summed E-state index contributed by atoms with van der Waals surface area (Å²) in [5, 5.41) is 5.61. The van der Waals surface area contributed by atoms with Crippen LogP contribution in [0.2, 0.25) is 0 Å². The summed E-state index contributed by atoms with van der Waals surface area (Å²) in [6, 6.07) is 12.9. The maximum Gasteiger partial charge on any atom is 0.241 e. The predicted octanol–water partition coefficient (Wildman–Crippen LogP) is 2.38. The third kappa shape index (κ3) is 5.46. The summed E-state index contributed by atoms with van der Waals surface area (Å²) in [5.74, 6) is -0.442. The normalized spacial score (nSPS) is 15.6. The van der Waals surface area contributed by atoms with Crippen LogP contribution < -0.4 is 15.4 Å². The monoisotopic (exact) mass is 429 g/mol. The highest BCUT2D eigenvalue weighted by Gasteiger charge is 2.28. The topological polar surface area (TPSA) is 104 Å². The molecule has 30 heavy (non-hydrogen) atoms. The molecule has 3 N–H and O–H groups in total. The van der Waals surface area contributed by atoms with Crippen molar-refractivity contribution in [3.05, 3.63) is 59.7 Å². The maximum atomic E-state index is 13.1. The van der Waals surface area contributed by atoms with E-state index < -0.39 is 16.1 Å². The van der Waals surface area contributed by atoms with Crippen LogP contribution in [0.4, 0.5) is 5.69 Å². The molecule has 0 fully saturated rings. The fourth-order valence-corrected chi connectivity index (χ4v) is 4.51. The molecule has 2 aromatic carbocycles. The molecule has 0 spiro atoms. The molecule has 8 heteroatoms. The quantitative estimate of drug-likeness (QED) is 0.599. The van der Waals surface area contributed by atoms with Gasteiger partial charge in [0.1, 0.15) is 6.04 Å². The summed E-state index contributed by atoms with van der Waals surface area (Å²) in [4.78, 5) is 24.4. The van der Waals surface area contributed by atoms with E-state index in [9.17, 15) is 18.0 Å². The van der Waals surface area contributed by atoms with Crippen LogP contribution >= 0.6 is 0 Å². The van der Waals surface area contributed by atoms with E-state index in [1.54, 1.807) is 12.1 Å². The van der Waals surface area contributed by atoms with Crippen molar-refractivity contribution in [2.24, 2.45) is 0 Å². The highest BCUT2D eigenvalue weighted by molar-refractivity contribution is 7.89. The molecule has 2 atom stereocenters. The lowest BCUT2D eigenvalue weighted by Gasteiger charge is -2.22. The lowest BCUT2D eigenvalue weighted by atomic mass is 10.0. The number of sulfonamides is 1. The number of aryl methyl sites for hydroxylation is 1. The van der Waals surface area contributed by atoms with Crippen molar-refractivity contribution < 1.29 is 18.0 Å². The Labute approximate surface area is 177 Å². The number of carbonyl (C=O) groups excluding carboxylic acids is 2. The van der Waals surface area contributed by atoms with Crippen LogP contribution in [-0.2, 0) is 32.5 Å². The van der Waals surface area contributed by atoms with Gasteiger partial charge in [0.2, 0.25) is 21.8 Å². The molecular formula is C22H27N3O4S. The van der Waals surface area contributed by atoms with E-state index in [4.69, 9.17) is 0 Å². The number of hydrogen-bond donors (Lipinski definition) is 3. The molecule has 0 aliphatic carbocycles. The van der Waals surface area contributed by atoms with Crippen LogP contribution in [0.1, 0.15) is 37.8 Å². The molecule has 160 valence electrons. The van der Waals surface area contributed by atoms with E-state index in [0.717, 1.165) is 17.5 Å². The molecule has 2 aromatic rings. The Kier molecular flexibility index (Phi) is 6.89. The molecule has 0 bridgehead atoms. The van der Waals surface area contributed by atoms with Gasteiger partial charge in [0.25, 0.3) is 0 Å². The summed E-state index contributed by atoms with van der Waals surface area (Å²) >= 11 is 0. The Bertz CT molecular complexity index is 1020. The summed E-state index contributed by atoms with van der Waals surface area (Å²) in [5.41, 5.74) is 2.25. The lowest BCUT2D eigenvalue weighted by Crippen LogP contribution is -2.50. The Morgan fingerprint density at radius 3 is 2.57 bits per heavy atom. The summed E-state index contributed by atoms with van der Waals surface area (Å²) in [7, 11) is -3.94. The first kappa shape index (κ1) is 22.0. The maximum absolute atomic E-state index is 13.1. The number of fused-ring (bicyclic) bond motifs is 1. The van der Waals surface area contributed by atoms with Gasteiger partial charge in [-0.15, -0.1) is 0 Å². The van der Waals surface area contributed by atoms with E-state index in [1.165, 1.54) is 6.07 Å². The van der Waals surface area contributed by atoms with Crippen LogP contribution in [0.15, 0.2) is 53.4 Å². The first-order chi connectivity index (χ1) is 14.3. The molecule has 0 aromatic heterocycles. The third-order valence-electron chi connectivity index (χ3n) is 5.18. The van der Waals surface area contributed by atoms with Gasteiger partial charge in [-0.25, -0.2) is 8.42 Å². The van der Waals surface area contributed by atoms with Gasteiger partial charge < -0.3 is 10.6 Å². The van der Waals surface area contributed by atoms with Crippen LogP contribution in [0.5, 0.6) is 0 Å². The van der Waals surface area contributed by atoms with Gasteiger partial charge in [-0.1, -0.05) is 37.3 Å². The van der Waals surface area contributed by atoms with Gasteiger partial charge in [0.15, 0.2) is 0 Å². The van der Waals surface area contributed by atoms with Gasteiger partial charge in [-0.3, -0.25) is 9.59 Å². The van der Waals surface area contributed by atoms with Crippen LogP contribution in [-0.4, -0.2) is 32.3 Å². The van der Waals surface area contributed by atoms with Gasteiger partial charge in [-0.2, -0.15) is 4.72 Å². The van der Waals surface area contributed by atoms with Crippen molar-refractivity contribution in [3.63, 3.8) is 0 Å². The average molecular weight is 430 g/mol. The molecule has 0 radical (unpaired) electrons. The minimum Gasteiger partial charge on any atom is -0.352 e. The Morgan fingerprint density at radius 2 is 1.87 bits per heavy atom. The molecule has 1 aliphatic rings. The first-order valence-corrected chi connectivity index (χ1v) is 11.6. The summed E-state index contributed by atoms with van der Waals surface area (Å²) < 4.78 is 28.7. The zero-order valence-corrected chi connectivity index (χ0v) is 18.0. The molecule has 1 heterocycles. The standard InChI is InChI=1S/C22H27N3O4S/c1-3-15(2)23-22(27)20(13-16-7-5-4-6-8-16)25-30(28,29)18-10-11-19-17(14-18)9-12-21(26)24-19/h4-8,10-11,14-15,20,25H,3,9,12-13H2,1-2H3,(H,23,27)(H,24,26)/t15-,20-/m0/s1. The van der Waals surface area contributed by atoms with Gasteiger partial charge >= 0.3 is 0 Å². The van der Waals surface area contributed by atoms with Crippen molar-refractivity contribution in [2.45, 2.75) is 56.5 Å². The second-order valence-corrected chi connectivity index (χ2v) is 9.26. The van der Waals surface area contributed by atoms with E-state index in [-0.39, 0.29) is 29.2 Å². The zero-order valence-electron chi connectivity index (χ0n) is 17.1. The zero-order chi connectivity index (χ0) is 21.7.